The summed E-state index contributed by atoms with van der Waals surface area (Å²) in [5, 5.41) is 4.74. The van der Waals surface area contributed by atoms with Gasteiger partial charge in [0, 0.05) is 16.8 Å². The van der Waals surface area contributed by atoms with Crippen LogP contribution in [0.2, 0.25) is 5.02 Å². The van der Waals surface area contributed by atoms with Crippen LogP contribution in [-0.2, 0) is 0 Å². The summed E-state index contributed by atoms with van der Waals surface area (Å²) in [6, 6.07) is 38.1. The number of benzene rings is 4. The van der Waals surface area contributed by atoms with Crippen molar-refractivity contribution in [1.82, 2.24) is 0 Å². The second-order valence-corrected chi connectivity index (χ2v) is 9.63. The molecule has 30 heavy (non-hydrogen) atoms. The van der Waals surface area contributed by atoms with Gasteiger partial charge in [0.15, 0.2) is 0 Å². The Morgan fingerprint density at radius 1 is 0.700 bits per heavy atom. The molecular weight excluding hydrogens is 405 g/mol. The number of aliphatic imine (C=N–C) groups is 1. The molecule has 0 amide bonds. The fraction of sp³-hybridized carbons (Fsp3) is 0.0741. The van der Waals surface area contributed by atoms with Crippen LogP contribution >= 0.6 is 19.5 Å². The highest BCUT2D eigenvalue weighted by Crippen LogP contribution is 2.36. The molecule has 0 aromatic heterocycles. The van der Waals surface area contributed by atoms with Crippen molar-refractivity contribution in [3.8, 4) is 0 Å². The minimum absolute atomic E-state index is 0.0231. The van der Waals surface area contributed by atoms with Crippen LogP contribution in [0.3, 0.4) is 0 Å². The normalized spacial score (nSPS) is 12.4. The van der Waals surface area contributed by atoms with E-state index in [4.69, 9.17) is 16.6 Å². The Hall–Kier alpha value is -2.73. The Balaban J connectivity index is 1.76. The first kappa shape index (κ1) is 20.5. The highest BCUT2D eigenvalue weighted by Gasteiger charge is 2.21. The minimum Gasteiger partial charge on any atom is -0.285 e. The van der Waals surface area contributed by atoms with Crippen molar-refractivity contribution in [2.45, 2.75) is 13.0 Å². The van der Waals surface area contributed by atoms with E-state index in [0.717, 1.165) is 10.6 Å². The molecule has 148 valence electrons. The SMILES string of the molecule is C[C@H](N=Cc1ccccc1Cl)c1ccccc1P(c1ccccc1)c1ccccc1. The Labute approximate surface area is 184 Å². The summed E-state index contributed by atoms with van der Waals surface area (Å²) >= 11 is 6.31. The third kappa shape index (κ3) is 4.70. The first-order chi connectivity index (χ1) is 14.7. The third-order valence-corrected chi connectivity index (χ3v) is 7.86. The molecule has 0 aliphatic heterocycles. The zero-order chi connectivity index (χ0) is 20.8. The predicted molar refractivity (Wildman–Crippen MR) is 133 cm³/mol. The molecule has 4 aromatic rings. The summed E-state index contributed by atoms with van der Waals surface area (Å²) < 4.78 is 0. The Bertz CT molecular complexity index is 1090. The van der Waals surface area contributed by atoms with Crippen LogP contribution in [0.5, 0.6) is 0 Å². The van der Waals surface area contributed by atoms with E-state index in [0.29, 0.717) is 0 Å². The molecule has 1 atom stereocenters. The van der Waals surface area contributed by atoms with Gasteiger partial charge in [0.2, 0.25) is 0 Å². The van der Waals surface area contributed by atoms with E-state index in [1.54, 1.807) is 0 Å². The van der Waals surface area contributed by atoms with Crippen molar-refractivity contribution < 1.29 is 0 Å². The van der Waals surface area contributed by atoms with Crippen molar-refractivity contribution in [1.29, 1.82) is 0 Å². The van der Waals surface area contributed by atoms with E-state index in [1.165, 1.54) is 21.5 Å². The average Bonchev–Trinajstić information content (AvgIpc) is 2.80. The zero-order valence-electron chi connectivity index (χ0n) is 16.8. The summed E-state index contributed by atoms with van der Waals surface area (Å²) in [4.78, 5) is 4.86. The standard InChI is InChI=1S/C27H23ClNP/c1-21(29-20-22-12-8-10-18-26(22)28)25-17-9-11-19-27(25)30(23-13-4-2-5-14-23)24-15-6-3-7-16-24/h2-21H,1H3/t21-/m0/s1. The number of rotatable bonds is 6. The Kier molecular flexibility index (Phi) is 6.74. The number of hydrogen-bond donors (Lipinski definition) is 0. The lowest BCUT2D eigenvalue weighted by molar-refractivity contribution is 0.831. The van der Waals surface area contributed by atoms with Crippen LogP contribution in [0.15, 0.2) is 114 Å². The van der Waals surface area contributed by atoms with E-state index >= 15 is 0 Å². The van der Waals surface area contributed by atoms with Crippen LogP contribution in [-0.4, -0.2) is 6.21 Å². The number of nitrogens with zero attached hydrogens (tertiary/aromatic N) is 1. The maximum Gasteiger partial charge on any atom is 0.0727 e. The lowest BCUT2D eigenvalue weighted by Gasteiger charge is -2.23. The molecule has 4 rings (SSSR count). The van der Waals surface area contributed by atoms with E-state index in [9.17, 15) is 0 Å². The molecule has 3 heteroatoms. The smallest absolute Gasteiger partial charge is 0.0727 e. The molecule has 0 fully saturated rings. The van der Waals surface area contributed by atoms with E-state index < -0.39 is 7.92 Å². The first-order valence-corrected chi connectivity index (χ1v) is 11.7. The Morgan fingerprint density at radius 2 is 1.23 bits per heavy atom. The molecule has 1 nitrogen and oxygen atoms in total. The Morgan fingerprint density at radius 3 is 1.87 bits per heavy atom. The first-order valence-electron chi connectivity index (χ1n) is 10.0. The van der Waals surface area contributed by atoms with Gasteiger partial charge in [-0.3, -0.25) is 4.99 Å². The molecule has 0 aliphatic rings. The van der Waals surface area contributed by atoms with Gasteiger partial charge in [0.25, 0.3) is 0 Å². The molecule has 0 saturated heterocycles. The molecule has 0 heterocycles. The topological polar surface area (TPSA) is 12.4 Å². The maximum absolute atomic E-state index is 6.31. The summed E-state index contributed by atoms with van der Waals surface area (Å²) in [5.74, 6) is 0. The predicted octanol–water partition coefficient (Wildman–Crippen LogP) is 6.28. The van der Waals surface area contributed by atoms with Crippen molar-refractivity contribution in [2.24, 2.45) is 4.99 Å². The molecule has 0 N–H and O–H groups in total. The van der Waals surface area contributed by atoms with Crippen LogP contribution in [0.25, 0.3) is 0 Å². The second-order valence-electron chi connectivity index (χ2n) is 7.04. The second kappa shape index (κ2) is 9.85. The van der Waals surface area contributed by atoms with Crippen LogP contribution in [0, 0.1) is 0 Å². The van der Waals surface area contributed by atoms with Gasteiger partial charge in [-0.25, -0.2) is 0 Å². The van der Waals surface area contributed by atoms with E-state index in [-0.39, 0.29) is 6.04 Å². The van der Waals surface area contributed by atoms with Gasteiger partial charge >= 0.3 is 0 Å². The maximum atomic E-state index is 6.31. The highest BCUT2D eigenvalue weighted by atomic mass is 35.5. The van der Waals surface area contributed by atoms with Gasteiger partial charge in [-0.15, -0.1) is 0 Å². The molecule has 0 saturated carbocycles. The molecule has 0 aliphatic carbocycles. The van der Waals surface area contributed by atoms with E-state index in [2.05, 4.69) is 91.9 Å². The van der Waals surface area contributed by atoms with Gasteiger partial charge in [-0.2, -0.15) is 0 Å². The number of halogens is 1. The van der Waals surface area contributed by atoms with Gasteiger partial charge in [0.05, 0.1) is 6.04 Å². The van der Waals surface area contributed by atoms with Crippen molar-refractivity contribution in [2.75, 3.05) is 0 Å². The summed E-state index contributed by atoms with van der Waals surface area (Å²) in [6.07, 6.45) is 1.89. The molecule has 0 bridgehead atoms. The zero-order valence-corrected chi connectivity index (χ0v) is 18.5. The summed E-state index contributed by atoms with van der Waals surface area (Å²) in [7, 11) is -0.670. The van der Waals surface area contributed by atoms with Crippen molar-refractivity contribution in [3.05, 3.63) is 125 Å². The van der Waals surface area contributed by atoms with Gasteiger partial charge < -0.3 is 0 Å². The van der Waals surface area contributed by atoms with Crippen LogP contribution in [0.1, 0.15) is 24.1 Å². The van der Waals surface area contributed by atoms with Crippen molar-refractivity contribution in [3.63, 3.8) is 0 Å². The number of hydrogen-bond acceptors (Lipinski definition) is 1. The van der Waals surface area contributed by atoms with E-state index in [1.807, 2.05) is 30.5 Å². The van der Waals surface area contributed by atoms with Crippen LogP contribution in [0.4, 0.5) is 0 Å². The summed E-state index contributed by atoms with van der Waals surface area (Å²) in [6.45, 7) is 2.15. The van der Waals surface area contributed by atoms with Crippen LogP contribution < -0.4 is 15.9 Å². The summed E-state index contributed by atoms with van der Waals surface area (Å²) in [5.41, 5.74) is 2.19. The quantitative estimate of drug-likeness (QED) is 0.254. The van der Waals surface area contributed by atoms with Crippen molar-refractivity contribution >= 4 is 41.7 Å². The lowest BCUT2D eigenvalue weighted by atomic mass is 10.1. The van der Waals surface area contributed by atoms with Gasteiger partial charge in [-0.05, 0) is 42.4 Å². The highest BCUT2D eigenvalue weighted by molar-refractivity contribution is 7.79. The lowest BCUT2D eigenvalue weighted by Crippen LogP contribution is -2.23. The molecule has 0 unspecified atom stereocenters. The van der Waals surface area contributed by atoms with Gasteiger partial charge in [0.1, 0.15) is 0 Å². The van der Waals surface area contributed by atoms with Gasteiger partial charge in [-0.1, -0.05) is 115 Å². The molecule has 0 spiro atoms. The molecule has 0 radical (unpaired) electrons. The largest absolute Gasteiger partial charge is 0.285 e. The fourth-order valence-corrected chi connectivity index (χ4v) is 6.21. The average molecular weight is 428 g/mol. The monoisotopic (exact) mass is 427 g/mol. The minimum atomic E-state index is -0.670. The fourth-order valence-electron chi connectivity index (χ4n) is 3.48. The molecular formula is C27H23ClNP. The third-order valence-electron chi connectivity index (χ3n) is 5.00. The molecule has 4 aromatic carbocycles.